The van der Waals surface area contributed by atoms with Crippen molar-refractivity contribution in [1.82, 2.24) is 25.7 Å². The molecule has 1 aliphatic rings. The molecule has 1 heterocycles. The first kappa shape index (κ1) is 22.0. The molecule has 10 nitrogen and oxygen atoms in total. The first-order chi connectivity index (χ1) is 12.9. The van der Waals surface area contributed by atoms with E-state index < -0.39 is 38.0 Å². The summed E-state index contributed by atoms with van der Waals surface area (Å²) in [5, 5.41) is 6.60. The van der Waals surface area contributed by atoms with Gasteiger partial charge >= 0.3 is 6.36 Å². The Kier molecular flexibility index (Phi) is 6.27. The molecule has 156 valence electrons. The van der Waals surface area contributed by atoms with Crippen molar-refractivity contribution in [2.75, 3.05) is 20.6 Å². The summed E-state index contributed by atoms with van der Waals surface area (Å²) < 4.78 is 68.0. The molecule has 0 radical (unpaired) electrons. The second-order valence-electron chi connectivity index (χ2n) is 5.39. The number of hydrogen-bond acceptors (Lipinski definition) is 8. The molecule has 1 aliphatic heterocycles. The van der Waals surface area contributed by atoms with E-state index in [0.29, 0.717) is 6.07 Å². The normalized spacial score (nSPS) is 14.7. The highest BCUT2D eigenvalue weighted by molar-refractivity contribution is 7.89. The van der Waals surface area contributed by atoms with Gasteiger partial charge < -0.3 is 4.74 Å². The summed E-state index contributed by atoms with van der Waals surface area (Å²) in [5.41, 5.74) is 4.49. The number of benzene rings is 1. The monoisotopic (exact) mass is 444 g/mol. The maximum atomic E-state index is 12.7. The van der Waals surface area contributed by atoms with E-state index in [0.717, 1.165) is 17.4 Å². The van der Waals surface area contributed by atoms with Crippen molar-refractivity contribution >= 4 is 33.5 Å². The van der Waals surface area contributed by atoms with Gasteiger partial charge in [0.1, 0.15) is 4.90 Å². The van der Waals surface area contributed by atoms with Gasteiger partial charge in [0, 0.05) is 20.6 Å². The zero-order valence-electron chi connectivity index (χ0n) is 14.8. The minimum absolute atomic E-state index is 0.0202. The van der Waals surface area contributed by atoms with E-state index in [9.17, 15) is 26.4 Å². The van der Waals surface area contributed by atoms with E-state index in [-0.39, 0.29) is 18.1 Å². The number of nitrogens with zero attached hydrogens (tertiary/aromatic N) is 3. The fraction of sp³-hybridized carbons (Fsp3) is 0.385. The highest BCUT2D eigenvalue weighted by Gasteiger charge is 2.37. The predicted octanol–water partition coefficient (Wildman–Crippen LogP) is 0.834. The largest absolute Gasteiger partial charge is 0.573 e. The third kappa shape index (κ3) is 4.57. The molecule has 15 heteroatoms. The van der Waals surface area contributed by atoms with Crippen LogP contribution in [0.25, 0.3) is 0 Å². The smallest absolute Gasteiger partial charge is 0.404 e. The third-order valence-corrected chi connectivity index (χ3v) is 6.07. The quantitative estimate of drug-likeness (QED) is 0.616. The van der Waals surface area contributed by atoms with E-state index in [4.69, 9.17) is 11.6 Å². The molecule has 1 amide bonds. The molecule has 0 unspecified atom stereocenters. The van der Waals surface area contributed by atoms with Crippen molar-refractivity contribution in [1.29, 1.82) is 0 Å². The van der Waals surface area contributed by atoms with Gasteiger partial charge in [-0.3, -0.25) is 15.1 Å². The number of hydrazine groups is 2. The SMILES string of the molecule is CCN(C)S(=O)(=O)c1c(OC(F)(F)F)ccc(C(=O)NC2=NNNN2C)c1Cl. The number of alkyl halides is 3. The zero-order valence-corrected chi connectivity index (χ0v) is 16.3. The number of amides is 1. The fourth-order valence-electron chi connectivity index (χ4n) is 2.05. The Labute approximate surface area is 163 Å². The van der Waals surface area contributed by atoms with Crippen LogP contribution in [0.1, 0.15) is 17.3 Å². The van der Waals surface area contributed by atoms with Gasteiger partial charge in [0.05, 0.1) is 10.6 Å². The maximum absolute atomic E-state index is 12.7. The van der Waals surface area contributed by atoms with E-state index >= 15 is 0 Å². The first-order valence-corrected chi connectivity index (χ1v) is 9.38. The molecule has 2 rings (SSSR count). The minimum Gasteiger partial charge on any atom is -0.404 e. The molecule has 0 aliphatic carbocycles. The molecule has 0 atom stereocenters. The number of hydrazone groups is 1. The zero-order chi connectivity index (χ0) is 21.3. The summed E-state index contributed by atoms with van der Waals surface area (Å²) in [6.45, 7) is 1.42. The average Bonchev–Trinajstić information content (AvgIpc) is 2.97. The number of rotatable bonds is 5. The number of guanidine groups is 1. The van der Waals surface area contributed by atoms with Crippen molar-refractivity contribution in [3.63, 3.8) is 0 Å². The molecule has 0 fully saturated rings. The fourth-order valence-corrected chi connectivity index (χ4v) is 3.93. The highest BCUT2D eigenvalue weighted by Crippen LogP contribution is 2.38. The van der Waals surface area contributed by atoms with Crippen LogP contribution < -0.4 is 21.1 Å². The summed E-state index contributed by atoms with van der Waals surface area (Å²) in [6.07, 6.45) is -5.17. The second-order valence-corrected chi connectivity index (χ2v) is 7.75. The second kappa shape index (κ2) is 7.98. The molecule has 28 heavy (non-hydrogen) atoms. The minimum atomic E-state index is -5.17. The lowest BCUT2D eigenvalue weighted by atomic mass is 10.2. The number of carbonyl (C=O) groups is 1. The van der Waals surface area contributed by atoms with Gasteiger partial charge in [-0.2, -0.15) is 0 Å². The molecule has 0 saturated carbocycles. The summed E-state index contributed by atoms with van der Waals surface area (Å²) in [6, 6.07) is 1.63. The summed E-state index contributed by atoms with van der Waals surface area (Å²) in [7, 11) is -1.83. The van der Waals surface area contributed by atoms with Crippen LogP contribution in [0.15, 0.2) is 22.1 Å². The van der Waals surface area contributed by atoms with Crippen LogP contribution in [0.2, 0.25) is 5.02 Å². The van der Waals surface area contributed by atoms with Crippen LogP contribution in [0.3, 0.4) is 0 Å². The average molecular weight is 445 g/mol. The molecule has 1 aromatic carbocycles. The number of hydrogen-bond donors (Lipinski definition) is 3. The number of carbonyl (C=O) groups excluding carboxylic acids is 1. The lowest BCUT2D eigenvalue weighted by Crippen LogP contribution is -2.45. The Morgan fingerprint density at radius 3 is 2.57 bits per heavy atom. The Morgan fingerprint density at radius 2 is 2.07 bits per heavy atom. The van der Waals surface area contributed by atoms with Gasteiger partial charge in [-0.05, 0) is 12.1 Å². The van der Waals surface area contributed by atoms with Crippen molar-refractivity contribution < 1.29 is 31.1 Å². The van der Waals surface area contributed by atoms with Gasteiger partial charge in [-0.15, -0.1) is 23.8 Å². The Balaban J connectivity index is 2.56. The van der Waals surface area contributed by atoms with E-state index in [1.165, 1.54) is 19.0 Å². The predicted molar refractivity (Wildman–Crippen MR) is 92.6 cm³/mol. The summed E-state index contributed by atoms with van der Waals surface area (Å²) in [4.78, 5) is 11.5. The van der Waals surface area contributed by atoms with E-state index in [2.05, 4.69) is 26.2 Å². The first-order valence-electron chi connectivity index (χ1n) is 7.56. The van der Waals surface area contributed by atoms with Crippen LogP contribution >= 0.6 is 11.6 Å². The van der Waals surface area contributed by atoms with Crippen molar-refractivity contribution in [2.45, 2.75) is 18.2 Å². The molecular weight excluding hydrogens is 429 g/mol. The molecular formula is C13H16ClF3N6O4S. The molecule has 0 spiro atoms. The van der Waals surface area contributed by atoms with E-state index in [1.807, 2.05) is 0 Å². The molecule has 3 N–H and O–H groups in total. The van der Waals surface area contributed by atoms with Crippen LogP contribution in [-0.2, 0) is 10.0 Å². The topological polar surface area (TPSA) is 115 Å². The van der Waals surface area contributed by atoms with Gasteiger partial charge in [0.25, 0.3) is 5.91 Å². The number of nitrogens with one attached hydrogen (secondary N) is 3. The van der Waals surface area contributed by atoms with Gasteiger partial charge in [-0.1, -0.05) is 18.5 Å². The summed E-state index contributed by atoms with van der Waals surface area (Å²) in [5.74, 6) is -1.92. The molecule has 0 bridgehead atoms. The molecule has 0 aromatic heterocycles. The maximum Gasteiger partial charge on any atom is 0.573 e. The summed E-state index contributed by atoms with van der Waals surface area (Å²) >= 11 is 6.05. The van der Waals surface area contributed by atoms with Crippen molar-refractivity contribution in [2.24, 2.45) is 5.10 Å². The molecule has 1 aromatic rings. The van der Waals surface area contributed by atoms with Crippen LogP contribution in [0, 0.1) is 0 Å². The number of halogens is 4. The van der Waals surface area contributed by atoms with Crippen LogP contribution in [-0.4, -0.2) is 56.6 Å². The lowest BCUT2D eigenvalue weighted by molar-refractivity contribution is -0.275. The van der Waals surface area contributed by atoms with E-state index in [1.54, 1.807) is 0 Å². The number of sulfonamides is 1. The van der Waals surface area contributed by atoms with Crippen LogP contribution in [0.5, 0.6) is 5.75 Å². The Morgan fingerprint density at radius 1 is 1.43 bits per heavy atom. The van der Waals surface area contributed by atoms with Gasteiger partial charge in [-0.25, -0.2) is 18.3 Å². The lowest BCUT2D eigenvalue weighted by Gasteiger charge is -2.21. The van der Waals surface area contributed by atoms with Gasteiger partial charge in [0.2, 0.25) is 16.0 Å². The van der Waals surface area contributed by atoms with Crippen molar-refractivity contribution in [3.8, 4) is 5.75 Å². The van der Waals surface area contributed by atoms with Gasteiger partial charge in [0.15, 0.2) is 5.75 Å². The number of ether oxygens (including phenoxy) is 1. The standard InChI is InChI=1S/C13H16ClF3N6O4S/c1-4-22(2)28(25,26)10-8(27-13(15,16)17)6-5-7(9(10)14)11(24)18-12-19-20-21-23(12)3/h5-6,20-21H,4H2,1-3H3,(H,18,19,24). The Bertz CT molecular complexity index is 908. The van der Waals surface area contributed by atoms with Crippen molar-refractivity contribution in [3.05, 3.63) is 22.7 Å². The Hall–Kier alpha value is -2.29. The third-order valence-electron chi connectivity index (χ3n) is 3.57. The molecule has 0 saturated heterocycles. The highest BCUT2D eigenvalue weighted by atomic mass is 35.5. The van der Waals surface area contributed by atoms with Crippen LogP contribution in [0.4, 0.5) is 13.2 Å².